The van der Waals surface area contributed by atoms with Gasteiger partial charge in [0.1, 0.15) is 0 Å². The molecule has 2 aliphatic rings. The molecule has 2 heterocycles. The van der Waals surface area contributed by atoms with E-state index in [9.17, 15) is 13.2 Å². The number of likely N-dealkylation sites (tertiary alicyclic amines) is 2. The Morgan fingerprint density at radius 3 is 2.15 bits per heavy atom. The van der Waals surface area contributed by atoms with Gasteiger partial charge in [0.2, 0.25) is 0 Å². The van der Waals surface area contributed by atoms with Gasteiger partial charge in [-0.1, -0.05) is 18.7 Å². The van der Waals surface area contributed by atoms with Gasteiger partial charge in [-0.05, 0) is 63.3 Å². The summed E-state index contributed by atoms with van der Waals surface area (Å²) in [5.41, 5.74) is 1.71. The summed E-state index contributed by atoms with van der Waals surface area (Å²) in [6, 6.07) is 6.29. The standard InChI is InChI=1S/C21H29F3N2/c1-15(2)26-13-10-19(14-26)16(3)25-11-8-18(9-12-25)17-4-6-20(7-5-17)21(22,23)24/h4-7,15,18-19H,3,8-14H2,1-2H3. The van der Waals surface area contributed by atoms with Crippen molar-refractivity contribution in [3.05, 3.63) is 47.7 Å². The molecule has 2 nitrogen and oxygen atoms in total. The highest BCUT2D eigenvalue weighted by molar-refractivity contribution is 5.27. The largest absolute Gasteiger partial charge is 0.416 e. The first-order valence-electron chi connectivity index (χ1n) is 9.60. The van der Waals surface area contributed by atoms with Crippen LogP contribution in [0.3, 0.4) is 0 Å². The number of halogens is 3. The lowest BCUT2D eigenvalue weighted by molar-refractivity contribution is -0.137. The van der Waals surface area contributed by atoms with Gasteiger partial charge in [0.25, 0.3) is 0 Å². The van der Waals surface area contributed by atoms with Gasteiger partial charge in [0.15, 0.2) is 0 Å². The van der Waals surface area contributed by atoms with E-state index in [0.717, 1.165) is 44.6 Å². The van der Waals surface area contributed by atoms with Crippen molar-refractivity contribution in [2.24, 2.45) is 5.92 Å². The molecule has 1 aromatic carbocycles. The third-order valence-electron chi connectivity index (χ3n) is 6.03. The zero-order valence-corrected chi connectivity index (χ0v) is 15.7. The fourth-order valence-electron chi connectivity index (χ4n) is 4.23. The molecule has 1 atom stereocenters. The van der Waals surface area contributed by atoms with Crippen molar-refractivity contribution >= 4 is 0 Å². The quantitative estimate of drug-likeness (QED) is 0.729. The number of piperidine rings is 1. The Bertz CT molecular complexity index is 613. The lowest BCUT2D eigenvalue weighted by Gasteiger charge is -2.37. The van der Waals surface area contributed by atoms with Crippen LogP contribution < -0.4 is 0 Å². The number of benzene rings is 1. The van der Waals surface area contributed by atoms with Crippen molar-refractivity contribution in [2.45, 2.75) is 51.2 Å². The molecule has 0 aromatic heterocycles. The Morgan fingerprint density at radius 2 is 1.65 bits per heavy atom. The molecule has 26 heavy (non-hydrogen) atoms. The average molecular weight is 366 g/mol. The summed E-state index contributed by atoms with van der Waals surface area (Å²) < 4.78 is 38.1. The van der Waals surface area contributed by atoms with E-state index in [4.69, 9.17) is 0 Å². The van der Waals surface area contributed by atoms with Crippen molar-refractivity contribution in [3.63, 3.8) is 0 Å². The number of nitrogens with zero attached hydrogens (tertiary/aromatic N) is 2. The first-order valence-corrected chi connectivity index (χ1v) is 9.60. The van der Waals surface area contributed by atoms with Crippen LogP contribution in [-0.4, -0.2) is 42.0 Å². The highest BCUT2D eigenvalue weighted by atomic mass is 19.4. The fraction of sp³-hybridized carbons (Fsp3) is 0.619. The smallest absolute Gasteiger partial charge is 0.375 e. The van der Waals surface area contributed by atoms with E-state index in [2.05, 4.69) is 30.2 Å². The summed E-state index contributed by atoms with van der Waals surface area (Å²) in [7, 11) is 0. The summed E-state index contributed by atoms with van der Waals surface area (Å²) in [4.78, 5) is 4.90. The Labute approximate surface area is 154 Å². The van der Waals surface area contributed by atoms with E-state index in [1.54, 1.807) is 12.1 Å². The SMILES string of the molecule is C=C(C1CCN(C(C)C)C1)N1CCC(c2ccc(C(F)(F)F)cc2)CC1. The fourth-order valence-corrected chi connectivity index (χ4v) is 4.23. The lowest BCUT2D eigenvalue weighted by atomic mass is 9.88. The van der Waals surface area contributed by atoms with Crippen LogP contribution in [0.2, 0.25) is 0 Å². The topological polar surface area (TPSA) is 6.48 Å². The van der Waals surface area contributed by atoms with E-state index in [1.165, 1.54) is 24.3 Å². The maximum Gasteiger partial charge on any atom is 0.416 e. The van der Waals surface area contributed by atoms with Crippen LogP contribution in [0.1, 0.15) is 50.2 Å². The zero-order valence-electron chi connectivity index (χ0n) is 15.7. The third-order valence-corrected chi connectivity index (χ3v) is 6.03. The Hall–Kier alpha value is -1.49. The van der Waals surface area contributed by atoms with Crippen molar-refractivity contribution in [1.82, 2.24) is 9.80 Å². The van der Waals surface area contributed by atoms with Gasteiger partial charge in [0, 0.05) is 37.3 Å². The van der Waals surface area contributed by atoms with Crippen LogP contribution in [0.25, 0.3) is 0 Å². The van der Waals surface area contributed by atoms with Crippen LogP contribution in [0, 0.1) is 5.92 Å². The van der Waals surface area contributed by atoms with Gasteiger partial charge in [-0.15, -0.1) is 0 Å². The summed E-state index contributed by atoms with van der Waals surface area (Å²) >= 11 is 0. The van der Waals surface area contributed by atoms with Gasteiger partial charge in [-0.3, -0.25) is 0 Å². The Kier molecular flexibility index (Phi) is 5.66. The Balaban J connectivity index is 1.53. The van der Waals surface area contributed by atoms with Crippen LogP contribution in [0.15, 0.2) is 36.5 Å². The van der Waals surface area contributed by atoms with Gasteiger partial charge >= 0.3 is 6.18 Å². The van der Waals surface area contributed by atoms with Crippen molar-refractivity contribution in [1.29, 1.82) is 0 Å². The summed E-state index contributed by atoms with van der Waals surface area (Å²) in [5.74, 6) is 0.886. The summed E-state index contributed by atoms with van der Waals surface area (Å²) in [6.07, 6.45) is -1.13. The minimum absolute atomic E-state index is 0.345. The monoisotopic (exact) mass is 366 g/mol. The van der Waals surface area contributed by atoms with E-state index in [1.807, 2.05) is 0 Å². The predicted molar refractivity (Wildman–Crippen MR) is 98.9 cm³/mol. The minimum atomic E-state index is -4.26. The van der Waals surface area contributed by atoms with Gasteiger partial charge in [-0.2, -0.15) is 13.2 Å². The average Bonchev–Trinajstić information content (AvgIpc) is 3.11. The van der Waals surface area contributed by atoms with Gasteiger partial charge in [0.05, 0.1) is 5.56 Å². The summed E-state index contributed by atoms with van der Waals surface area (Å²) in [5, 5.41) is 0. The second kappa shape index (κ2) is 7.63. The molecular formula is C21H29F3N2. The van der Waals surface area contributed by atoms with Crippen molar-refractivity contribution in [2.75, 3.05) is 26.2 Å². The van der Waals surface area contributed by atoms with Crippen LogP contribution >= 0.6 is 0 Å². The highest BCUT2D eigenvalue weighted by Crippen LogP contribution is 2.35. The first kappa shape index (κ1) is 19.3. The second-order valence-electron chi connectivity index (χ2n) is 7.95. The van der Waals surface area contributed by atoms with E-state index in [-0.39, 0.29) is 0 Å². The summed E-state index contributed by atoms with van der Waals surface area (Å²) in [6.45, 7) is 13.0. The number of hydrogen-bond donors (Lipinski definition) is 0. The maximum atomic E-state index is 12.7. The predicted octanol–water partition coefficient (Wildman–Crippen LogP) is 5.13. The zero-order chi connectivity index (χ0) is 18.9. The molecule has 0 radical (unpaired) electrons. The number of rotatable bonds is 4. The molecule has 0 N–H and O–H groups in total. The minimum Gasteiger partial charge on any atom is -0.375 e. The number of alkyl halides is 3. The lowest BCUT2D eigenvalue weighted by Crippen LogP contribution is -2.36. The molecule has 3 rings (SSSR count). The normalized spacial score (nSPS) is 23.0. The van der Waals surface area contributed by atoms with Crippen LogP contribution in [-0.2, 0) is 6.18 Å². The molecule has 0 amide bonds. The molecule has 0 saturated carbocycles. The molecular weight excluding hydrogens is 337 g/mol. The van der Waals surface area contributed by atoms with Crippen molar-refractivity contribution < 1.29 is 13.2 Å². The van der Waals surface area contributed by atoms with E-state index >= 15 is 0 Å². The Morgan fingerprint density at radius 1 is 1.04 bits per heavy atom. The van der Waals surface area contributed by atoms with E-state index < -0.39 is 11.7 Å². The molecule has 0 spiro atoms. The molecule has 1 aromatic rings. The second-order valence-corrected chi connectivity index (χ2v) is 7.95. The third kappa shape index (κ3) is 4.25. The highest BCUT2D eigenvalue weighted by Gasteiger charge is 2.32. The first-order chi connectivity index (χ1) is 12.3. The van der Waals surface area contributed by atoms with Crippen LogP contribution in [0.5, 0.6) is 0 Å². The molecule has 0 aliphatic carbocycles. The molecule has 144 valence electrons. The molecule has 0 bridgehead atoms. The molecule has 1 unspecified atom stereocenters. The van der Waals surface area contributed by atoms with Gasteiger partial charge in [-0.25, -0.2) is 0 Å². The maximum absolute atomic E-state index is 12.7. The molecule has 2 aliphatic heterocycles. The van der Waals surface area contributed by atoms with Crippen molar-refractivity contribution in [3.8, 4) is 0 Å². The molecule has 5 heteroatoms. The molecule has 2 saturated heterocycles. The number of hydrogen-bond acceptors (Lipinski definition) is 2. The van der Waals surface area contributed by atoms with Crippen LogP contribution in [0.4, 0.5) is 13.2 Å². The van der Waals surface area contributed by atoms with E-state index in [0.29, 0.717) is 17.9 Å². The molecule has 2 fully saturated rings. The van der Waals surface area contributed by atoms with Gasteiger partial charge < -0.3 is 9.80 Å².